The SMILES string of the molecule is Cc1cc(F)ccc1C(=O)Nc1cccc(C(=O)C2CCN(C)CC2)c1. The molecular weight excluding hydrogens is 331 g/mol. The van der Waals surface area contributed by atoms with E-state index in [1.54, 1.807) is 31.2 Å². The number of carbonyl (C=O) groups is 2. The third kappa shape index (κ3) is 4.17. The van der Waals surface area contributed by atoms with Gasteiger partial charge in [0.05, 0.1) is 0 Å². The van der Waals surface area contributed by atoms with E-state index in [4.69, 9.17) is 0 Å². The Hall–Kier alpha value is -2.53. The Labute approximate surface area is 153 Å². The minimum atomic E-state index is -0.371. The van der Waals surface area contributed by atoms with Gasteiger partial charge < -0.3 is 10.2 Å². The van der Waals surface area contributed by atoms with E-state index in [0.717, 1.165) is 25.9 Å². The van der Waals surface area contributed by atoms with Gasteiger partial charge in [-0.1, -0.05) is 12.1 Å². The molecule has 4 nitrogen and oxygen atoms in total. The zero-order chi connectivity index (χ0) is 18.7. The highest BCUT2D eigenvalue weighted by Crippen LogP contribution is 2.23. The van der Waals surface area contributed by atoms with Gasteiger partial charge in [0.1, 0.15) is 5.82 Å². The van der Waals surface area contributed by atoms with Crippen LogP contribution in [0, 0.1) is 18.7 Å². The van der Waals surface area contributed by atoms with Crippen LogP contribution in [0.3, 0.4) is 0 Å². The fraction of sp³-hybridized carbons (Fsp3) is 0.333. The summed E-state index contributed by atoms with van der Waals surface area (Å²) in [4.78, 5) is 27.4. The minimum absolute atomic E-state index is 0.0384. The lowest BCUT2D eigenvalue weighted by Crippen LogP contribution is -2.33. The Morgan fingerprint density at radius 1 is 1.12 bits per heavy atom. The monoisotopic (exact) mass is 354 g/mol. The second-order valence-corrected chi connectivity index (χ2v) is 6.94. The van der Waals surface area contributed by atoms with Gasteiger partial charge in [-0.15, -0.1) is 0 Å². The molecule has 1 fully saturated rings. The first kappa shape index (κ1) is 18.3. The van der Waals surface area contributed by atoms with Gasteiger partial charge in [-0.3, -0.25) is 9.59 Å². The van der Waals surface area contributed by atoms with E-state index in [1.165, 1.54) is 18.2 Å². The minimum Gasteiger partial charge on any atom is -0.322 e. The fourth-order valence-electron chi connectivity index (χ4n) is 3.34. The lowest BCUT2D eigenvalue weighted by molar-refractivity contribution is 0.0856. The van der Waals surface area contributed by atoms with Crippen molar-refractivity contribution in [2.45, 2.75) is 19.8 Å². The molecule has 0 radical (unpaired) electrons. The average molecular weight is 354 g/mol. The molecule has 1 aliphatic heterocycles. The van der Waals surface area contributed by atoms with Crippen LogP contribution in [0.1, 0.15) is 39.1 Å². The predicted molar refractivity (Wildman–Crippen MR) is 100 cm³/mol. The number of nitrogens with one attached hydrogen (secondary N) is 1. The molecule has 26 heavy (non-hydrogen) atoms. The number of halogens is 1. The number of piperidine rings is 1. The van der Waals surface area contributed by atoms with Crippen LogP contribution in [0.5, 0.6) is 0 Å². The Balaban J connectivity index is 1.73. The van der Waals surface area contributed by atoms with Crippen molar-refractivity contribution >= 4 is 17.4 Å². The van der Waals surface area contributed by atoms with Gasteiger partial charge in [-0.2, -0.15) is 0 Å². The number of benzene rings is 2. The fourth-order valence-corrected chi connectivity index (χ4v) is 3.34. The molecule has 2 aromatic carbocycles. The molecule has 3 rings (SSSR count). The van der Waals surface area contributed by atoms with E-state index in [1.807, 2.05) is 0 Å². The molecule has 2 aromatic rings. The zero-order valence-electron chi connectivity index (χ0n) is 15.1. The van der Waals surface area contributed by atoms with Gasteiger partial charge in [0.25, 0.3) is 5.91 Å². The number of carbonyl (C=O) groups excluding carboxylic acids is 2. The highest BCUT2D eigenvalue weighted by Gasteiger charge is 2.24. The first-order valence-corrected chi connectivity index (χ1v) is 8.84. The molecule has 0 saturated carbocycles. The molecule has 0 spiro atoms. The number of nitrogens with zero attached hydrogens (tertiary/aromatic N) is 1. The van der Waals surface area contributed by atoms with Crippen LogP contribution in [0.2, 0.25) is 0 Å². The van der Waals surface area contributed by atoms with Gasteiger partial charge in [-0.25, -0.2) is 4.39 Å². The molecule has 0 bridgehead atoms. The molecule has 1 saturated heterocycles. The van der Waals surface area contributed by atoms with Crippen LogP contribution in [0.4, 0.5) is 10.1 Å². The third-order valence-electron chi connectivity index (χ3n) is 4.93. The molecule has 136 valence electrons. The summed E-state index contributed by atoms with van der Waals surface area (Å²) >= 11 is 0. The number of Topliss-reactive ketones (excluding diaryl/α,β-unsaturated/α-hetero) is 1. The summed E-state index contributed by atoms with van der Waals surface area (Å²) in [6.07, 6.45) is 1.72. The smallest absolute Gasteiger partial charge is 0.255 e. The van der Waals surface area contributed by atoms with Crippen molar-refractivity contribution in [2.75, 3.05) is 25.5 Å². The third-order valence-corrected chi connectivity index (χ3v) is 4.93. The molecule has 0 unspecified atom stereocenters. The summed E-state index contributed by atoms with van der Waals surface area (Å²) in [6, 6.07) is 11.1. The summed E-state index contributed by atoms with van der Waals surface area (Å²) in [5.41, 5.74) is 2.17. The first-order valence-electron chi connectivity index (χ1n) is 8.84. The van der Waals surface area contributed by atoms with Crippen molar-refractivity contribution in [2.24, 2.45) is 5.92 Å². The number of aryl methyl sites for hydroxylation is 1. The second-order valence-electron chi connectivity index (χ2n) is 6.94. The van der Waals surface area contributed by atoms with Gasteiger partial charge >= 0.3 is 0 Å². The number of likely N-dealkylation sites (tertiary alicyclic amines) is 1. The highest BCUT2D eigenvalue weighted by atomic mass is 19.1. The van der Waals surface area contributed by atoms with Crippen LogP contribution >= 0.6 is 0 Å². The quantitative estimate of drug-likeness (QED) is 0.847. The van der Waals surface area contributed by atoms with Gasteiger partial charge in [0.2, 0.25) is 0 Å². The van der Waals surface area contributed by atoms with Gasteiger partial charge in [0, 0.05) is 22.7 Å². The predicted octanol–water partition coefficient (Wildman–Crippen LogP) is 3.91. The molecular formula is C21H23FN2O2. The van der Waals surface area contributed by atoms with Crippen molar-refractivity contribution in [1.82, 2.24) is 4.90 Å². The van der Waals surface area contributed by atoms with Crippen molar-refractivity contribution in [3.63, 3.8) is 0 Å². The topological polar surface area (TPSA) is 49.4 Å². The van der Waals surface area contributed by atoms with E-state index in [-0.39, 0.29) is 23.4 Å². The van der Waals surface area contributed by atoms with Crippen LogP contribution in [0.15, 0.2) is 42.5 Å². The summed E-state index contributed by atoms with van der Waals surface area (Å²) in [7, 11) is 2.06. The number of ketones is 1. The molecule has 1 N–H and O–H groups in total. The number of anilines is 1. The maximum absolute atomic E-state index is 13.2. The lowest BCUT2D eigenvalue weighted by Gasteiger charge is -2.28. The molecule has 1 aliphatic rings. The Morgan fingerprint density at radius 2 is 1.85 bits per heavy atom. The Bertz CT molecular complexity index is 827. The summed E-state index contributed by atoms with van der Waals surface area (Å²) in [5.74, 6) is -0.514. The highest BCUT2D eigenvalue weighted by molar-refractivity contribution is 6.06. The maximum Gasteiger partial charge on any atom is 0.255 e. The van der Waals surface area contributed by atoms with Crippen LogP contribution in [-0.4, -0.2) is 36.7 Å². The van der Waals surface area contributed by atoms with Crippen molar-refractivity contribution in [3.8, 4) is 0 Å². The Morgan fingerprint density at radius 3 is 2.54 bits per heavy atom. The standard InChI is InChI=1S/C21H23FN2O2/c1-14-12-17(22)6-7-19(14)21(26)23-18-5-3-4-16(13-18)20(25)15-8-10-24(2)11-9-15/h3-7,12-13,15H,8-11H2,1-2H3,(H,23,26). The second kappa shape index (κ2) is 7.79. The molecule has 5 heteroatoms. The van der Waals surface area contributed by atoms with E-state index < -0.39 is 0 Å². The van der Waals surface area contributed by atoms with E-state index in [9.17, 15) is 14.0 Å². The van der Waals surface area contributed by atoms with E-state index in [0.29, 0.717) is 22.4 Å². The lowest BCUT2D eigenvalue weighted by atomic mass is 9.89. The van der Waals surface area contributed by atoms with Gasteiger partial charge in [0.15, 0.2) is 5.78 Å². The number of hydrogen-bond acceptors (Lipinski definition) is 3. The molecule has 0 atom stereocenters. The number of amides is 1. The zero-order valence-corrected chi connectivity index (χ0v) is 15.1. The van der Waals surface area contributed by atoms with Gasteiger partial charge in [-0.05, 0) is 75.8 Å². The summed E-state index contributed by atoms with van der Waals surface area (Å²) in [5, 5.41) is 2.80. The number of rotatable bonds is 4. The van der Waals surface area contributed by atoms with E-state index in [2.05, 4.69) is 17.3 Å². The average Bonchev–Trinajstić information content (AvgIpc) is 2.62. The number of hydrogen-bond donors (Lipinski definition) is 1. The Kier molecular flexibility index (Phi) is 5.47. The molecule has 1 amide bonds. The van der Waals surface area contributed by atoms with Crippen molar-refractivity contribution in [1.29, 1.82) is 0 Å². The van der Waals surface area contributed by atoms with Crippen LogP contribution < -0.4 is 5.32 Å². The van der Waals surface area contributed by atoms with Crippen molar-refractivity contribution in [3.05, 3.63) is 65.0 Å². The summed E-state index contributed by atoms with van der Waals surface area (Å²) < 4.78 is 13.2. The normalized spacial score (nSPS) is 15.7. The molecule has 1 heterocycles. The summed E-state index contributed by atoms with van der Waals surface area (Å²) in [6.45, 7) is 3.55. The maximum atomic E-state index is 13.2. The van der Waals surface area contributed by atoms with Crippen molar-refractivity contribution < 1.29 is 14.0 Å². The van der Waals surface area contributed by atoms with Crippen LogP contribution in [-0.2, 0) is 0 Å². The van der Waals surface area contributed by atoms with E-state index >= 15 is 0 Å². The largest absolute Gasteiger partial charge is 0.322 e. The molecule has 0 aliphatic carbocycles. The first-order chi connectivity index (χ1) is 12.4. The van der Waals surface area contributed by atoms with Crippen LogP contribution in [0.25, 0.3) is 0 Å². The molecule has 0 aromatic heterocycles.